The molecule has 7 heteroatoms. The third kappa shape index (κ3) is 3.94. The van der Waals surface area contributed by atoms with Crippen molar-refractivity contribution in [2.75, 3.05) is 11.9 Å². The Morgan fingerprint density at radius 1 is 1.31 bits per heavy atom. The molecule has 0 spiro atoms. The summed E-state index contributed by atoms with van der Waals surface area (Å²) in [7, 11) is 0. The maximum absolute atomic E-state index is 12.9. The topological polar surface area (TPSA) is 104 Å². The van der Waals surface area contributed by atoms with Crippen molar-refractivity contribution in [3.05, 3.63) is 16.0 Å². The number of nitrogens with two attached hydrogens (primary N) is 1. The van der Waals surface area contributed by atoms with Gasteiger partial charge in [-0.15, -0.1) is 11.3 Å². The van der Waals surface area contributed by atoms with Crippen LogP contribution < -0.4 is 16.6 Å². The molecule has 5 N–H and O–H groups in total. The number of carboxylic acid groups (broad SMARTS) is 1. The van der Waals surface area contributed by atoms with Crippen molar-refractivity contribution in [3.63, 3.8) is 0 Å². The second kappa shape index (κ2) is 7.66. The summed E-state index contributed by atoms with van der Waals surface area (Å²) in [6.07, 6.45) is 6.62. The van der Waals surface area contributed by atoms with Gasteiger partial charge < -0.3 is 10.4 Å². The van der Waals surface area contributed by atoms with E-state index in [1.165, 1.54) is 11.3 Å². The minimum absolute atomic E-state index is 0.0645. The number of amides is 1. The largest absolute Gasteiger partial charge is 0.478 e. The zero-order valence-electron chi connectivity index (χ0n) is 15.6. The highest BCUT2D eigenvalue weighted by Gasteiger charge is 2.35. The maximum atomic E-state index is 12.9. The number of fused-ring (bicyclic) bond motifs is 1. The average Bonchev–Trinajstić information content (AvgIpc) is 2.91. The number of carboxylic acids is 1. The number of aromatic carboxylic acids is 1. The number of carbonyl (C=O) groups excluding carboxylic acids is 1. The molecule has 0 radical (unpaired) electrons. The Morgan fingerprint density at radius 3 is 2.73 bits per heavy atom. The van der Waals surface area contributed by atoms with Crippen LogP contribution in [0.2, 0.25) is 0 Å². The van der Waals surface area contributed by atoms with E-state index in [0.717, 1.165) is 55.4 Å². The average molecular weight is 380 g/mol. The molecule has 26 heavy (non-hydrogen) atoms. The number of carbonyl (C=O) groups is 2. The lowest BCUT2D eigenvalue weighted by Crippen LogP contribution is -2.39. The zero-order chi connectivity index (χ0) is 18.9. The van der Waals surface area contributed by atoms with Gasteiger partial charge in [0.05, 0.1) is 5.56 Å². The fraction of sp³-hybridized carbons (Fsp3) is 0.684. The van der Waals surface area contributed by atoms with E-state index in [0.29, 0.717) is 17.1 Å². The molecule has 1 fully saturated rings. The molecule has 2 atom stereocenters. The minimum atomic E-state index is -0.945. The van der Waals surface area contributed by atoms with Crippen LogP contribution in [0, 0.1) is 17.3 Å². The third-order valence-electron chi connectivity index (χ3n) is 5.85. The van der Waals surface area contributed by atoms with Crippen LogP contribution >= 0.6 is 11.3 Å². The van der Waals surface area contributed by atoms with E-state index in [2.05, 4.69) is 24.6 Å². The Balaban J connectivity index is 1.84. The molecule has 0 aliphatic heterocycles. The van der Waals surface area contributed by atoms with Gasteiger partial charge >= 0.3 is 5.97 Å². The monoisotopic (exact) mass is 379 g/mol. The van der Waals surface area contributed by atoms with Crippen molar-refractivity contribution in [1.29, 1.82) is 0 Å². The number of nitrogens with one attached hydrogen (secondary N) is 2. The van der Waals surface area contributed by atoms with E-state index in [1.54, 1.807) is 0 Å². The summed E-state index contributed by atoms with van der Waals surface area (Å²) in [5, 5.41) is 13.2. The molecule has 2 aliphatic carbocycles. The molecule has 1 amide bonds. The van der Waals surface area contributed by atoms with E-state index in [4.69, 9.17) is 5.84 Å². The van der Waals surface area contributed by atoms with E-state index in [-0.39, 0.29) is 23.2 Å². The molecule has 1 aromatic rings. The summed E-state index contributed by atoms with van der Waals surface area (Å²) in [5.74, 6) is 4.55. The molecular weight excluding hydrogens is 350 g/mol. The van der Waals surface area contributed by atoms with Crippen LogP contribution in [-0.4, -0.2) is 23.5 Å². The Bertz CT molecular complexity index is 696. The second-order valence-electron chi connectivity index (χ2n) is 8.40. The van der Waals surface area contributed by atoms with Crippen molar-refractivity contribution in [1.82, 2.24) is 5.43 Å². The van der Waals surface area contributed by atoms with Crippen LogP contribution in [0.4, 0.5) is 5.00 Å². The van der Waals surface area contributed by atoms with Crippen molar-refractivity contribution in [2.24, 2.45) is 23.1 Å². The van der Waals surface area contributed by atoms with E-state index in [9.17, 15) is 14.7 Å². The van der Waals surface area contributed by atoms with Crippen molar-refractivity contribution in [3.8, 4) is 0 Å². The van der Waals surface area contributed by atoms with Gasteiger partial charge in [0.2, 0.25) is 5.91 Å². The van der Waals surface area contributed by atoms with E-state index >= 15 is 0 Å². The van der Waals surface area contributed by atoms with Crippen molar-refractivity contribution in [2.45, 2.75) is 58.8 Å². The summed E-state index contributed by atoms with van der Waals surface area (Å²) in [4.78, 5) is 25.9. The lowest BCUT2D eigenvalue weighted by Gasteiger charge is -2.30. The van der Waals surface area contributed by atoms with Gasteiger partial charge in [0, 0.05) is 17.3 Å². The predicted molar refractivity (Wildman–Crippen MR) is 103 cm³/mol. The van der Waals surface area contributed by atoms with Crippen molar-refractivity contribution >= 4 is 28.2 Å². The summed E-state index contributed by atoms with van der Waals surface area (Å²) >= 11 is 1.44. The Morgan fingerprint density at radius 2 is 2.04 bits per heavy atom. The molecule has 0 bridgehead atoms. The Kier molecular flexibility index (Phi) is 5.69. The van der Waals surface area contributed by atoms with Gasteiger partial charge in [-0.05, 0) is 49.0 Å². The third-order valence-corrected chi connectivity index (χ3v) is 7.06. The van der Waals surface area contributed by atoms with Crippen LogP contribution in [0.1, 0.15) is 66.8 Å². The first-order chi connectivity index (χ1) is 12.3. The molecule has 3 rings (SSSR count). The van der Waals surface area contributed by atoms with Gasteiger partial charge in [0.15, 0.2) is 0 Å². The van der Waals surface area contributed by atoms with Crippen LogP contribution in [0.15, 0.2) is 0 Å². The molecular formula is C19H29N3O3S. The van der Waals surface area contributed by atoms with Gasteiger partial charge in [-0.2, -0.15) is 0 Å². The zero-order valence-corrected chi connectivity index (χ0v) is 16.4. The highest BCUT2D eigenvalue weighted by Crippen LogP contribution is 2.44. The number of hydrogen-bond acceptors (Lipinski definition) is 5. The van der Waals surface area contributed by atoms with Crippen LogP contribution in [0.3, 0.4) is 0 Å². The first-order valence-corrected chi connectivity index (χ1v) is 10.3. The fourth-order valence-corrected chi connectivity index (χ4v) is 5.60. The summed E-state index contributed by atoms with van der Waals surface area (Å²) < 4.78 is 0. The van der Waals surface area contributed by atoms with Gasteiger partial charge in [0.25, 0.3) is 0 Å². The molecule has 1 aromatic heterocycles. The second-order valence-corrected chi connectivity index (χ2v) is 9.51. The first-order valence-electron chi connectivity index (χ1n) is 9.44. The molecule has 0 unspecified atom stereocenters. The molecule has 2 aliphatic rings. The normalized spacial score (nSPS) is 24.7. The minimum Gasteiger partial charge on any atom is -0.478 e. The van der Waals surface area contributed by atoms with E-state index in [1.807, 2.05) is 0 Å². The quantitative estimate of drug-likeness (QED) is 0.465. The first kappa shape index (κ1) is 19.3. The summed E-state index contributed by atoms with van der Waals surface area (Å²) in [6, 6.07) is 0. The Labute approximate surface area is 158 Å². The Hall–Kier alpha value is -1.44. The van der Waals surface area contributed by atoms with Crippen LogP contribution in [0.5, 0.6) is 0 Å². The van der Waals surface area contributed by atoms with Gasteiger partial charge in [0.1, 0.15) is 5.00 Å². The van der Waals surface area contributed by atoms with Crippen molar-refractivity contribution < 1.29 is 14.7 Å². The molecule has 1 heterocycles. The predicted octanol–water partition coefficient (Wildman–Crippen LogP) is 3.17. The van der Waals surface area contributed by atoms with Crippen LogP contribution in [0.25, 0.3) is 0 Å². The standard InChI is InChI=1S/C19H29N3O3S/c1-19(2)8-7-14-13(9-19)15(18(24)25)17(26-14)22-16(23)12-6-4-3-5-11(12)10-21-20/h11-12,21H,3-10,20H2,1-2H3,(H,22,23)(H,24,25)/t11-,12-/m1/s1. The lowest BCUT2D eigenvalue weighted by atomic mass is 9.76. The number of aryl methyl sites for hydroxylation is 1. The lowest BCUT2D eigenvalue weighted by molar-refractivity contribution is -0.122. The molecule has 0 saturated heterocycles. The summed E-state index contributed by atoms with van der Waals surface area (Å²) in [6.45, 7) is 4.95. The molecule has 6 nitrogen and oxygen atoms in total. The number of hydrazine groups is 1. The van der Waals surface area contributed by atoms with Gasteiger partial charge in [-0.25, -0.2) is 4.79 Å². The maximum Gasteiger partial charge on any atom is 0.339 e. The van der Waals surface area contributed by atoms with Gasteiger partial charge in [-0.3, -0.25) is 16.1 Å². The molecule has 144 valence electrons. The number of anilines is 1. The van der Waals surface area contributed by atoms with Crippen LogP contribution in [-0.2, 0) is 17.6 Å². The number of thiophene rings is 1. The SMILES string of the molecule is CC1(C)CCc2sc(NC(=O)[C@@H]3CCCC[C@@H]3CNN)c(C(=O)O)c2C1. The van der Waals surface area contributed by atoms with E-state index < -0.39 is 5.97 Å². The molecule has 0 aromatic carbocycles. The number of hydrogen-bond donors (Lipinski definition) is 4. The fourth-order valence-electron chi connectivity index (χ4n) is 4.39. The highest BCUT2D eigenvalue weighted by atomic mass is 32.1. The summed E-state index contributed by atoms with van der Waals surface area (Å²) in [5.41, 5.74) is 4.01. The number of rotatable bonds is 5. The van der Waals surface area contributed by atoms with Gasteiger partial charge in [-0.1, -0.05) is 26.7 Å². The highest BCUT2D eigenvalue weighted by molar-refractivity contribution is 7.17. The molecule has 1 saturated carbocycles. The smallest absolute Gasteiger partial charge is 0.339 e.